The van der Waals surface area contributed by atoms with Crippen molar-refractivity contribution in [1.29, 1.82) is 0 Å². The predicted octanol–water partition coefficient (Wildman–Crippen LogP) is 13.9. The van der Waals surface area contributed by atoms with Crippen LogP contribution in [0.5, 0.6) is 0 Å². The summed E-state index contributed by atoms with van der Waals surface area (Å²) in [4.78, 5) is 2.52. The van der Waals surface area contributed by atoms with E-state index in [1.54, 1.807) is 0 Å². The molecule has 0 radical (unpaired) electrons. The van der Waals surface area contributed by atoms with Crippen LogP contribution in [0.2, 0.25) is 0 Å². The Hall–Kier alpha value is -6.18. The quantitative estimate of drug-likeness (QED) is 0.169. The molecule has 8 aromatic carbocycles. The molecule has 256 valence electrons. The van der Waals surface area contributed by atoms with E-state index in [2.05, 4.69) is 221 Å². The number of hydrogen-bond acceptors (Lipinski definition) is 1. The van der Waals surface area contributed by atoms with Gasteiger partial charge in [0.1, 0.15) is 0 Å². The van der Waals surface area contributed by atoms with Gasteiger partial charge >= 0.3 is 0 Å². The van der Waals surface area contributed by atoms with Crippen LogP contribution in [0, 0.1) is 6.92 Å². The van der Waals surface area contributed by atoms with Gasteiger partial charge in [-0.15, -0.1) is 0 Å². The fraction of sp³-hybridized carbons (Fsp3) is 0.115. The van der Waals surface area contributed by atoms with E-state index in [9.17, 15) is 0 Å². The molecule has 9 rings (SSSR count). The van der Waals surface area contributed by atoms with Crippen LogP contribution >= 0.6 is 0 Å². The lowest BCUT2D eigenvalue weighted by Crippen LogP contribution is -2.28. The van der Waals surface area contributed by atoms with Gasteiger partial charge in [0.2, 0.25) is 0 Å². The third-order valence-electron chi connectivity index (χ3n) is 11.2. The number of aryl methyl sites for hydroxylation is 1. The summed E-state index contributed by atoms with van der Waals surface area (Å²) in [5.41, 5.74) is 15.6. The second-order valence-electron chi connectivity index (χ2n) is 15.4. The first-order chi connectivity index (χ1) is 25.9. The summed E-state index contributed by atoms with van der Waals surface area (Å²) in [6, 6.07) is 69.7. The standard InChI is InChI=1S/C52H43N/c1-36-31-33-42(41-24-12-11-23-40(36)41)45-26-14-17-29-49(45)53(50-30-18-16-28-47(50)51(2,3)4)39-32-34-44-43-25-13-15-27-46(43)52(48(44)35-39,37-19-7-5-8-20-37)38-21-9-6-10-22-38/h5-35H,1-4H3. The van der Waals surface area contributed by atoms with Gasteiger partial charge in [-0.1, -0.05) is 185 Å². The van der Waals surface area contributed by atoms with E-state index >= 15 is 0 Å². The lowest BCUT2D eigenvalue weighted by molar-refractivity contribution is 0.591. The first-order valence-electron chi connectivity index (χ1n) is 18.7. The molecule has 0 saturated heterocycles. The van der Waals surface area contributed by atoms with Crippen LogP contribution in [-0.2, 0) is 10.8 Å². The molecule has 53 heavy (non-hydrogen) atoms. The first kappa shape index (κ1) is 32.7. The SMILES string of the molecule is Cc1ccc(-c2ccccc2N(c2ccc3c(c2)C(c2ccccc2)(c2ccccc2)c2ccccc2-3)c2ccccc2C(C)(C)C)c2ccccc12. The third kappa shape index (κ3) is 5.22. The molecular formula is C52H43N. The molecule has 1 heteroatoms. The van der Waals surface area contributed by atoms with Crippen molar-refractivity contribution >= 4 is 27.8 Å². The number of nitrogens with zero attached hydrogens (tertiary/aromatic N) is 1. The summed E-state index contributed by atoms with van der Waals surface area (Å²) in [6.07, 6.45) is 0. The van der Waals surface area contributed by atoms with Gasteiger partial charge in [-0.25, -0.2) is 0 Å². The minimum atomic E-state index is -0.494. The second-order valence-corrected chi connectivity index (χ2v) is 15.4. The highest BCUT2D eigenvalue weighted by atomic mass is 15.1. The summed E-state index contributed by atoms with van der Waals surface area (Å²) in [7, 11) is 0. The number of para-hydroxylation sites is 2. The average molecular weight is 682 g/mol. The largest absolute Gasteiger partial charge is 0.310 e. The maximum atomic E-state index is 2.52. The van der Waals surface area contributed by atoms with Crippen LogP contribution in [0.4, 0.5) is 17.1 Å². The molecule has 0 heterocycles. The van der Waals surface area contributed by atoms with Crippen molar-refractivity contribution in [3.63, 3.8) is 0 Å². The monoisotopic (exact) mass is 681 g/mol. The van der Waals surface area contributed by atoms with Crippen molar-refractivity contribution in [2.24, 2.45) is 0 Å². The Morgan fingerprint density at radius 2 is 0.943 bits per heavy atom. The smallest absolute Gasteiger partial charge is 0.0714 e. The molecule has 0 spiro atoms. The molecule has 8 aromatic rings. The summed E-state index contributed by atoms with van der Waals surface area (Å²) < 4.78 is 0. The van der Waals surface area contributed by atoms with Gasteiger partial charge in [-0.05, 0) is 97.4 Å². The molecule has 0 saturated carbocycles. The number of fused-ring (bicyclic) bond motifs is 4. The topological polar surface area (TPSA) is 3.24 Å². The first-order valence-corrected chi connectivity index (χ1v) is 18.7. The second kappa shape index (κ2) is 12.8. The van der Waals surface area contributed by atoms with Crippen LogP contribution in [0.25, 0.3) is 33.0 Å². The van der Waals surface area contributed by atoms with Crippen LogP contribution in [0.1, 0.15) is 54.2 Å². The predicted molar refractivity (Wildman–Crippen MR) is 225 cm³/mol. The molecule has 0 amide bonds. The lowest BCUT2D eigenvalue weighted by Gasteiger charge is -2.36. The van der Waals surface area contributed by atoms with Crippen LogP contribution in [0.15, 0.2) is 188 Å². The normalized spacial score (nSPS) is 13.1. The van der Waals surface area contributed by atoms with Crippen molar-refractivity contribution in [1.82, 2.24) is 0 Å². The molecule has 1 aliphatic rings. The Kier molecular flexibility index (Phi) is 7.90. The molecule has 0 bridgehead atoms. The van der Waals surface area contributed by atoms with Crippen molar-refractivity contribution in [3.05, 3.63) is 221 Å². The van der Waals surface area contributed by atoms with E-state index in [1.165, 1.54) is 72.1 Å². The van der Waals surface area contributed by atoms with Gasteiger partial charge < -0.3 is 4.90 Å². The summed E-state index contributed by atoms with van der Waals surface area (Å²) in [6.45, 7) is 9.16. The maximum Gasteiger partial charge on any atom is 0.0714 e. The van der Waals surface area contributed by atoms with Crippen LogP contribution in [-0.4, -0.2) is 0 Å². The molecule has 0 N–H and O–H groups in total. The Morgan fingerprint density at radius 3 is 1.64 bits per heavy atom. The molecule has 1 aliphatic carbocycles. The Balaban J connectivity index is 1.37. The zero-order chi connectivity index (χ0) is 36.2. The van der Waals surface area contributed by atoms with E-state index in [-0.39, 0.29) is 5.41 Å². The van der Waals surface area contributed by atoms with Gasteiger partial charge in [0.25, 0.3) is 0 Å². The fourth-order valence-corrected chi connectivity index (χ4v) is 8.86. The van der Waals surface area contributed by atoms with E-state index in [1.807, 2.05) is 0 Å². The molecule has 0 fully saturated rings. The third-order valence-corrected chi connectivity index (χ3v) is 11.2. The highest BCUT2D eigenvalue weighted by molar-refractivity contribution is 6.03. The molecular weight excluding hydrogens is 639 g/mol. The average Bonchev–Trinajstić information content (AvgIpc) is 3.49. The highest BCUT2D eigenvalue weighted by Crippen LogP contribution is 2.57. The van der Waals surface area contributed by atoms with Gasteiger partial charge in [0.15, 0.2) is 0 Å². The van der Waals surface area contributed by atoms with Gasteiger partial charge in [0.05, 0.1) is 11.1 Å². The molecule has 0 unspecified atom stereocenters. The van der Waals surface area contributed by atoms with Gasteiger partial charge in [-0.2, -0.15) is 0 Å². The lowest BCUT2D eigenvalue weighted by atomic mass is 9.67. The van der Waals surface area contributed by atoms with Gasteiger partial charge in [-0.3, -0.25) is 0 Å². The minimum absolute atomic E-state index is 0.0921. The number of rotatable bonds is 6. The van der Waals surface area contributed by atoms with E-state index in [4.69, 9.17) is 0 Å². The Labute approximate surface area is 313 Å². The maximum absolute atomic E-state index is 2.52. The molecule has 1 nitrogen and oxygen atoms in total. The number of benzene rings is 8. The van der Waals surface area contributed by atoms with E-state index < -0.39 is 5.41 Å². The van der Waals surface area contributed by atoms with Crippen LogP contribution in [0.3, 0.4) is 0 Å². The van der Waals surface area contributed by atoms with Gasteiger partial charge in [0, 0.05) is 16.9 Å². The van der Waals surface area contributed by atoms with Crippen LogP contribution < -0.4 is 4.90 Å². The summed E-state index contributed by atoms with van der Waals surface area (Å²) in [5.74, 6) is 0. The molecule has 0 aliphatic heterocycles. The van der Waals surface area contributed by atoms with Crippen molar-refractivity contribution in [2.45, 2.75) is 38.5 Å². The molecule has 0 atom stereocenters. The minimum Gasteiger partial charge on any atom is -0.310 e. The van der Waals surface area contributed by atoms with E-state index in [0.717, 1.165) is 11.4 Å². The van der Waals surface area contributed by atoms with Crippen molar-refractivity contribution in [2.75, 3.05) is 4.90 Å². The molecule has 0 aromatic heterocycles. The highest BCUT2D eigenvalue weighted by Gasteiger charge is 2.46. The Bertz CT molecular complexity index is 2570. The van der Waals surface area contributed by atoms with Crippen molar-refractivity contribution < 1.29 is 0 Å². The fourth-order valence-electron chi connectivity index (χ4n) is 8.86. The number of hydrogen-bond donors (Lipinski definition) is 0. The zero-order valence-electron chi connectivity index (χ0n) is 30.8. The van der Waals surface area contributed by atoms with E-state index in [0.29, 0.717) is 0 Å². The van der Waals surface area contributed by atoms with Crippen molar-refractivity contribution in [3.8, 4) is 22.3 Å². The Morgan fingerprint density at radius 1 is 0.415 bits per heavy atom. The zero-order valence-corrected chi connectivity index (χ0v) is 30.8. The summed E-state index contributed by atoms with van der Waals surface area (Å²) >= 11 is 0. The summed E-state index contributed by atoms with van der Waals surface area (Å²) in [5, 5.41) is 2.55. The number of anilines is 3.